The summed E-state index contributed by atoms with van der Waals surface area (Å²) in [7, 11) is -4.55. The SMILES string of the molecule is CCCCCCCCCCCCCCCC[N+](CCCO)(CCCO)CCCC(O)COS(=O)(=O)O. The molecule has 0 aromatic rings. The molecule has 0 bridgehead atoms. The van der Waals surface area contributed by atoms with Gasteiger partial charge in [-0.3, -0.25) is 4.55 Å². The van der Waals surface area contributed by atoms with E-state index in [-0.39, 0.29) is 13.2 Å². The van der Waals surface area contributed by atoms with E-state index in [1.807, 2.05) is 0 Å². The predicted octanol–water partition coefficient (Wildman–Crippen LogP) is 5.01. The molecule has 36 heavy (non-hydrogen) atoms. The highest BCUT2D eigenvalue weighted by molar-refractivity contribution is 7.80. The minimum atomic E-state index is -4.55. The van der Waals surface area contributed by atoms with Crippen molar-refractivity contribution < 1.29 is 37.0 Å². The number of aliphatic hydroxyl groups excluding tert-OH is 3. The van der Waals surface area contributed by atoms with Crippen LogP contribution in [0, 0.1) is 0 Å². The van der Waals surface area contributed by atoms with Gasteiger partial charge in [-0.05, 0) is 25.7 Å². The van der Waals surface area contributed by atoms with Gasteiger partial charge in [-0.1, -0.05) is 84.0 Å². The first-order valence-corrected chi connectivity index (χ1v) is 16.0. The fourth-order valence-corrected chi connectivity index (χ4v) is 5.36. The van der Waals surface area contributed by atoms with Crippen molar-refractivity contribution in [2.75, 3.05) is 46.0 Å². The van der Waals surface area contributed by atoms with Crippen molar-refractivity contribution in [2.45, 2.75) is 129 Å². The van der Waals surface area contributed by atoms with E-state index in [0.29, 0.717) is 25.7 Å². The molecule has 0 aliphatic carbocycles. The molecule has 4 N–H and O–H groups in total. The van der Waals surface area contributed by atoms with Crippen molar-refractivity contribution in [3.05, 3.63) is 0 Å². The third-order valence-electron chi connectivity index (χ3n) is 7.15. The van der Waals surface area contributed by atoms with Crippen LogP contribution in [-0.2, 0) is 14.6 Å². The third-order valence-corrected chi connectivity index (χ3v) is 7.58. The van der Waals surface area contributed by atoms with Crippen molar-refractivity contribution >= 4 is 10.4 Å². The van der Waals surface area contributed by atoms with Crippen LogP contribution in [0.1, 0.15) is 122 Å². The lowest BCUT2D eigenvalue weighted by Gasteiger charge is -2.39. The van der Waals surface area contributed by atoms with Gasteiger partial charge in [0.2, 0.25) is 0 Å². The van der Waals surface area contributed by atoms with Gasteiger partial charge in [0.15, 0.2) is 0 Å². The number of unbranched alkanes of at least 4 members (excludes halogenated alkanes) is 13. The maximum absolute atomic E-state index is 10.7. The van der Waals surface area contributed by atoms with Crippen LogP contribution in [0.5, 0.6) is 0 Å². The average molecular weight is 541 g/mol. The molecule has 0 radical (unpaired) electrons. The van der Waals surface area contributed by atoms with E-state index < -0.39 is 23.1 Å². The normalized spacial score (nSPS) is 13.4. The Morgan fingerprint density at radius 3 is 1.44 bits per heavy atom. The second-order valence-corrected chi connectivity index (χ2v) is 11.6. The number of rotatable bonds is 28. The summed E-state index contributed by atoms with van der Waals surface area (Å²) in [5.74, 6) is 0. The Balaban J connectivity index is 4.24. The van der Waals surface area contributed by atoms with Crippen molar-refractivity contribution in [3.8, 4) is 0 Å². The molecule has 0 aromatic heterocycles. The highest BCUT2D eigenvalue weighted by atomic mass is 32.3. The summed E-state index contributed by atoms with van der Waals surface area (Å²) in [4.78, 5) is 0. The zero-order chi connectivity index (χ0) is 27.0. The fourth-order valence-electron chi connectivity index (χ4n) is 5.04. The summed E-state index contributed by atoms with van der Waals surface area (Å²) >= 11 is 0. The summed E-state index contributed by atoms with van der Waals surface area (Å²) in [6.45, 7) is 5.49. The molecule has 0 saturated carbocycles. The van der Waals surface area contributed by atoms with Gasteiger partial charge in [0.1, 0.15) is 0 Å². The largest absolute Gasteiger partial charge is 0.397 e. The highest BCUT2D eigenvalue weighted by Gasteiger charge is 2.26. The summed E-state index contributed by atoms with van der Waals surface area (Å²) in [6.07, 6.45) is 19.9. The molecule has 8 nitrogen and oxygen atoms in total. The molecule has 0 spiro atoms. The molecule has 0 aliphatic rings. The zero-order valence-electron chi connectivity index (χ0n) is 23.1. The van der Waals surface area contributed by atoms with Crippen LogP contribution < -0.4 is 0 Å². The second-order valence-electron chi connectivity index (χ2n) is 10.5. The first-order valence-electron chi connectivity index (χ1n) is 14.7. The van der Waals surface area contributed by atoms with Crippen LogP contribution in [0.25, 0.3) is 0 Å². The Morgan fingerprint density at radius 1 is 0.639 bits per heavy atom. The topological polar surface area (TPSA) is 124 Å². The zero-order valence-corrected chi connectivity index (χ0v) is 23.9. The van der Waals surface area contributed by atoms with Crippen molar-refractivity contribution in [1.29, 1.82) is 0 Å². The highest BCUT2D eigenvalue weighted by Crippen LogP contribution is 2.18. The average Bonchev–Trinajstić information content (AvgIpc) is 2.84. The monoisotopic (exact) mass is 540 g/mol. The van der Waals surface area contributed by atoms with E-state index in [9.17, 15) is 23.7 Å². The minimum absolute atomic E-state index is 0.128. The van der Waals surface area contributed by atoms with Crippen LogP contribution in [0.15, 0.2) is 0 Å². The first-order chi connectivity index (χ1) is 17.3. The van der Waals surface area contributed by atoms with E-state index >= 15 is 0 Å². The Hall–Kier alpha value is -0.290. The fraction of sp³-hybridized carbons (Fsp3) is 1.00. The molecule has 0 heterocycles. The lowest BCUT2D eigenvalue weighted by molar-refractivity contribution is -0.929. The Kier molecular flexibility index (Phi) is 23.6. The standard InChI is InChI=1S/C27H57NO7S/c1-2-3-4-5-6-7-8-9-10-11-12-13-14-15-20-28(22-17-24-29,23-18-25-30)21-16-19-27(31)26-35-36(32,33)34/h27,29-31H,2-26H2,1H3/p+1. The number of quaternary nitrogens is 1. The Labute approximate surface area is 222 Å². The van der Waals surface area contributed by atoms with Gasteiger partial charge in [-0.2, -0.15) is 8.42 Å². The third kappa shape index (κ3) is 22.9. The lowest BCUT2D eigenvalue weighted by atomic mass is 10.0. The quantitative estimate of drug-likeness (QED) is 0.0625. The van der Waals surface area contributed by atoms with Gasteiger partial charge in [0.25, 0.3) is 0 Å². The summed E-state index contributed by atoms with van der Waals surface area (Å²) in [5, 5.41) is 28.8. The smallest absolute Gasteiger partial charge is 0.396 e. The molecule has 0 aliphatic heterocycles. The van der Waals surface area contributed by atoms with Gasteiger partial charge >= 0.3 is 10.4 Å². The maximum Gasteiger partial charge on any atom is 0.397 e. The number of hydrogen-bond donors (Lipinski definition) is 4. The van der Waals surface area contributed by atoms with E-state index in [4.69, 9.17) is 4.55 Å². The molecule has 0 aromatic carbocycles. The van der Waals surface area contributed by atoms with Gasteiger partial charge < -0.3 is 19.8 Å². The molecule has 1 atom stereocenters. The van der Waals surface area contributed by atoms with Crippen molar-refractivity contribution in [1.82, 2.24) is 0 Å². The van der Waals surface area contributed by atoms with Gasteiger partial charge in [0.05, 0.1) is 38.9 Å². The molecule has 9 heteroatoms. The van der Waals surface area contributed by atoms with E-state index in [1.54, 1.807) is 0 Å². The summed E-state index contributed by atoms with van der Waals surface area (Å²) in [6, 6.07) is 0. The molecule has 0 rings (SSSR count). The van der Waals surface area contributed by atoms with E-state index in [2.05, 4.69) is 11.1 Å². The number of nitrogens with zero attached hydrogens (tertiary/aromatic N) is 1. The second kappa shape index (κ2) is 23.8. The lowest BCUT2D eigenvalue weighted by Crippen LogP contribution is -2.51. The van der Waals surface area contributed by atoms with E-state index in [0.717, 1.165) is 37.1 Å². The Bertz CT molecular complexity index is 566. The molecule has 218 valence electrons. The van der Waals surface area contributed by atoms with Crippen LogP contribution in [0.3, 0.4) is 0 Å². The minimum Gasteiger partial charge on any atom is -0.396 e. The summed E-state index contributed by atoms with van der Waals surface area (Å²) < 4.78 is 35.1. The Morgan fingerprint density at radius 2 is 1.03 bits per heavy atom. The van der Waals surface area contributed by atoms with Crippen LogP contribution in [0.2, 0.25) is 0 Å². The number of aliphatic hydroxyl groups is 3. The molecule has 1 unspecified atom stereocenters. The maximum atomic E-state index is 10.7. The summed E-state index contributed by atoms with van der Waals surface area (Å²) in [5.41, 5.74) is 0. The van der Waals surface area contributed by atoms with Crippen LogP contribution in [0.4, 0.5) is 0 Å². The molecule has 0 fully saturated rings. The van der Waals surface area contributed by atoms with Crippen molar-refractivity contribution in [2.24, 2.45) is 0 Å². The van der Waals surface area contributed by atoms with Crippen LogP contribution >= 0.6 is 0 Å². The van der Waals surface area contributed by atoms with Gasteiger partial charge in [-0.15, -0.1) is 0 Å². The van der Waals surface area contributed by atoms with Gasteiger partial charge in [0, 0.05) is 26.1 Å². The molecular formula is C27H58NO7S+. The molecule has 0 saturated heterocycles. The number of hydrogen-bond acceptors (Lipinski definition) is 6. The van der Waals surface area contributed by atoms with E-state index in [1.165, 1.54) is 83.5 Å². The van der Waals surface area contributed by atoms with Gasteiger partial charge in [-0.25, -0.2) is 4.18 Å². The predicted molar refractivity (Wildman–Crippen MR) is 146 cm³/mol. The molecular weight excluding hydrogens is 482 g/mol. The van der Waals surface area contributed by atoms with Crippen molar-refractivity contribution in [3.63, 3.8) is 0 Å². The first kappa shape index (κ1) is 35.7. The molecule has 0 amide bonds. The van der Waals surface area contributed by atoms with Crippen LogP contribution in [-0.4, -0.2) is 84.9 Å².